The number of aliphatic hydroxyl groups excluding tert-OH is 1. The van der Waals surface area contributed by atoms with Crippen LogP contribution in [0.25, 0.3) is 0 Å². The Morgan fingerprint density at radius 1 is 1.16 bits per heavy atom. The second-order valence-corrected chi connectivity index (χ2v) is 7.28. The molecular formula is C13H15NO3S2. The van der Waals surface area contributed by atoms with E-state index in [1.165, 1.54) is 12.1 Å². The van der Waals surface area contributed by atoms with Crippen LogP contribution in [0.2, 0.25) is 0 Å². The molecule has 2 N–H and O–H groups in total. The van der Waals surface area contributed by atoms with Crippen molar-refractivity contribution < 1.29 is 13.5 Å². The fourth-order valence-corrected chi connectivity index (χ4v) is 3.53. The number of hydrogen-bond donors (Lipinski definition) is 2. The van der Waals surface area contributed by atoms with Crippen molar-refractivity contribution in [3.05, 3.63) is 51.7 Å². The summed E-state index contributed by atoms with van der Waals surface area (Å²) in [5.74, 6) is 0. The van der Waals surface area contributed by atoms with Gasteiger partial charge in [-0.05, 0) is 36.8 Å². The summed E-state index contributed by atoms with van der Waals surface area (Å²) >= 11 is 1.57. The van der Waals surface area contributed by atoms with Crippen LogP contribution in [0.5, 0.6) is 0 Å². The third-order valence-corrected chi connectivity index (χ3v) is 5.07. The number of benzene rings is 1. The summed E-state index contributed by atoms with van der Waals surface area (Å²) < 4.78 is 26.6. The van der Waals surface area contributed by atoms with E-state index >= 15 is 0 Å². The van der Waals surface area contributed by atoms with E-state index in [4.69, 9.17) is 5.11 Å². The number of aliphatic hydroxyl groups is 1. The van der Waals surface area contributed by atoms with E-state index in [-0.39, 0.29) is 11.5 Å². The molecule has 0 radical (unpaired) electrons. The van der Waals surface area contributed by atoms with Crippen molar-refractivity contribution in [2.45, 2.75) is 25.0 Å². The van der Waals surface area contributed by atoms with E-state index in [0.717, 1.165) is 9.75 Å². The van der Waals surface area contributed by atoms with Gasteiger partial charge in [-0.25, -0.2) is 13.1 Å². The van der Waals surface area contributed by atoms with Crippen LogP contribution in [0.1, 0.15) is 15.3 Å². The molecule has 0 bridgehead atoms. The second-order valence-electron chi connectivity index (χ2n) is 4.14. The minimum absolute atomic E-state index is 0.0950. The quantitative estimate of drug-likeness (QED) is 0.887. The van der Waals surface area contributed by atoms with Gasteiger partial charge in [0.05, 0.1) is 11.5 Å². The molecule has 2 rings (SSSR count). The molecule has 0 aliphatic rings. The van der Waals surface area contributed by atoms with Crippen LogP contribution in [-0.2, 0) is 23.2 Å². The lowest BCUT2D eigenvalue weighted by molar-refractivity contribution is 0.282. The Labute approximate surface area is 116 Å². The molecule has 2 aromatic rings. The highest BCUT2D eigenvalue weighted by Gasteiger charge is 2.13. The van der Waals surface area contributed by atoms with Gasteiger partial charge in [-0.15, -0.1) is 11.3 Å². The minimum atomic E-state index is -3.50. The molecule has 0 saturated heterocycles. The standard InChI is InChI=1S/C13H15NO3S2/c1-10-2-5-12(18-10)8-14-19(16,17)13-6-3-11(9-15)4-7-13/h2-7,14-15H,8-9H2,1H3. The highest BCUT2D eigenvalue weighted by molar-refractivity contribution is 7.89. The van der Waals surface area contributed by atoms with E-state index < -0.39 is 10.0 Å². The first-order valence-corrected chi connectivity index (χ1v) is 8.06. The summed E-state index contributed by atoms with van der Waals surface area (Å²) in [7, 11) is -3.50. The molecule has 19 heavy (non-hydrogen) atoms. The molecule has 0 atom stereocenters. The maximum absolute atomic E-state index is 12.0. The zero-order valence-electron chi connectivity index (χ0n) is 10.5. The summed E-state index contributed by atoms with van der Waals surface area (Å²) in [5.41, 5.74) is 0.688. The van der Waals surface area contributed by atoms with Gasteiger partial charge in [0.15, 0.2) is 0 Å². The highest BCUT2D eigenvalue weighted by Crippen LogP contribution is 2.16. The van der Waals surface area contributed by atoms with Crippen LogP contribution >= 0.6 is 11.3 Å². The monoisotopic (exact) mass is 297 g/mol. The molecule has 0 aliphatic heterocycles. The first kappa shape index (κ1) is 14.2. The summed E-state index contributed by atoms with van der Waals surface area (Å²) in [4.78, 5) is 2.34. The van der Waals surface area contributed by atoms with Crippen LogP contribution in [0.3, 0.4) is 0 Å². The van der Waals surface area contributed by atoms with E-state index in [1.807, 2.05) is 19.1 Å². The Morgan fingerprint density at radius 3 is 2.37 bits per heavy atom. The summed E-state index contributed by atoms with van der Waals surface area (Å²) in [6.07, 6.45) is 0. The van der Waals surface area contributed by atoms with E-state index in [1.54, 1.807) is 23.5 Å². The molecule has 0 amide bonds. The van der Waals surface area contributed by atoms with E-state index in [0.29, 0.717) is 12.1 Å². The summed E-state index contributed by atoms with van der Waals surface area (Å²) in [5, 5.41) is 8.92. The van der Waals surface area contributed by atoms with Crippen LogP contribution < -0.4 is 4.72 Å². The second kappa shape index (κ2) is 5.83. The van der Waals surface area contributed by atoms with Gasteiger partial charge in [-0.1, -0.05) is 12.1 Å². The Bertz CT molecular complexity index is 645. The number of hydrogen-bond acceptors (Lipinski definition) is 4. The van der Waals surface area contributed by atoms with Gasteiger partial charge in [0, 0.05) is 16.3 Å². The Kier molecular flexibility index (Phi) is 4.36. The zero-order chi connectivity index (χ0) is 13.9. The molecule has 0 aliphatic carbocycles. The van der Waals surface area contributed by atoms with Gasteiger partial charge in [-0.3, -0.25) is 0 Å². The average Bonchev–Trinajstić information content (AvgIpc) is 2.82. The molecular weight excluding hydrogens is 282 g/mol. The maximum atomic E-state index is 12.0. The SMILES string of the molecule is Cc1ccc(CNS(=O)(=O)c2ccc(CO)cc2)s1. The third kappa shape index (κ3) is 3.63. The fraction of sp³-hybridized carbons (Fsp3) is 0.231. The molecule has 1 aromatic heterocycles. The van der Waals surface area contributed by atoms with Crippen molar-refractivity contribution in [1.82, 2.24) is 4.72 Å². The van der Waals surface area contributed by atoms with Crippen molar-refractivity contribution in [3.63, 3.8) is 0 Å². The molecule has 0 spiro atoms. The number of nitrogens with one attached hydrogen (secondary N) is 1. The first-order valence-electron chi connectivity index (χ1n) is 5.76. The molecule has 0 saturated carbocycles. The van der Waals surface area contributed by atoms with Crippen molar-refractivity contribution in [2.75, 3.05) is 0 Å². The number of thiophene rings is 1. The number of rotatable bonds is 5. The molecule has 102 valence electrons. The van der Waals surface area contributed by atoms with Crippen LogP contribution in [0, 0.1) is 6.92 Å². The average molecular weight is 297 g/mol. The zero-order valence-corrected chi connectivity index (χ0v) is 12.1. The largest absolute Gasteiger partial charge is 0.392 e. The lowest BCUT2D eigenvalue weighted by Gasteiger charge is -2.06. The first-order chi connectivity index (χ1) is 9.01. The lowest BCUT2D eigenvalue weighted by Crippen LogP contribution is -2.22. The molecule has 1 aromatic carbocycles. The van der Waals surface area contributed by atoms with Crippen LogP contribution in [-0.4, -0.2) is 13.5 Å². The van der Waals surface area contributed by atoms with E-state index in [9.17, 15) is 8.42 Å². The van der Waals surface area contributed by atoms with Crippen molar-refractivity contribution >= 4 is 21.4 Å². The fourth-order valence-electron chi connectivity index (χ4n) is 1.60. The molecule has 0 unspecified atom stereocenters. The Morgan fingerprint density at radius 2 is 1.84 bits per heavy atom. The maximum Gasteiger partial charge on any atom is 0.240 e. The third-order valence-electron chi connectivity index (χ3n) is 2.65. The normalized spacial score (nSPS) is 11.7. The topological polar surface area (TPSA) is 66.4 Å². The minimum Gasteiger partial charge on any atom is -0.392 e. The van der Waals surface area contributed by atoms with Gasteiger partial charge in [0.2, 0.25) is 10.0 Å². The Balaban J connectivity index is 2.09. The van der Waals surface area contributed by atoms with Gasteiger partial charge in [-0.2, -0.15) is 0 Å². The van der Waals surface area contributed by atoms with Gasteiger partial charge in [0.1, 0.15) is 0 Å². The smallest absolute Gasteiger partial charge is 0.240 e. The van der Waals surface area contributed by atoms with E-state index in [2.05, 4.69) is 4.72 Å². The number of sulfonamides is 1. The highest BCUT2D eigenvalue weighted by atomic mass is 32.2. The van der Waals surface area contributed by atoms with Gasteiger partial charge < -0.3 is 5.11 Å². The predicted octanol–water partition coefficient (Wildman–Crippen LogP) is 2.03. The summed E-state index contributed by atoms with van der Waals surface area (Å²) in [6, 6.07) is 10.1. The molecule has 4 nitrogen and oxygen atoms in total. The molecule has 6 heteroatoms. The Hall–Kier alpha value is -1.21. The van der Waals surface area contributed by atoms with Crippen molar-refractivity contribution in [3.8, 4) is 0 Å². The van der Waals surface area contributed by atoms with Crippen LogP contribution in [0.15, 0.2) is 41.3 Å². The molecule has 1 heterocycles. The van der Waals surface area contributed by atoms with Crippen molar-refractivity contribution in [1.29, 1.82) is 0 Å². The predicted molar refractivity (Wildman–Crippen MR) is 75.4 cm³/mol. The van der Waals surface area contributed by atoms with Crippen molar-refractivity contribution in [2.24, 2.45) is 0 Å². The van der Waals surface area contributed by atoms with Gasteiger partial charge in [0.25, 0.3) is 0 Å². The number of aryl methyl sites for hydroxylation is 1. The summed E-state index contributed by atoms with van der Waals surface area (Å²) in [6.45, 7) is 2.18. The lowest BCUT2D eigenvalue weighted by atomic mass is 10.2. The van der Waals surface area contributed by atoms with Crippen LogP contribution in [0.4, 0.5) is 0 Å². The molecule has 0 fully saturated rings. The van der Waals surface area contributed by atoms with Gasteiger partial charge >= 0.3 is 0 Å².